The van der Waals surface area contributed by atoms with E-state index in [9.17, 15) is 39.5 Å². The third-order valence-corrected chi connectivity index (χ3v) is 1.81. The SMILES string of the molecule is FC(F)(F)c1[c-]c(C(F)(F)F)cc(C(F)(F)F)c1.[Br-].[Mg+2]. The molecule has 0 bridgehead atoms. The quantitative estimate of drug-likeness (QED) is 0.357. The van der Waals surface area contributed by atoms with Gasteiger partial charge in [0.05, 0.1) is 0 Å². The molecule has 0 fully saturated rings. The van der Waals surface area contributed by atoms with Crippen molar-refractivity contribution in [3.8, 4) is 0 Å². The molecule has 0 N–H and O–H groups in total. The van der Waals surface area contributed by atoms with E-state index in [2.05, 4.69) is 0 Å². The molecule has 0 aliphatic heterocycles. The molecule has 20 heavy (non-hydrogen) atoms. The van der Waals surface area contributed by atoms with E-state index in [4.69, 9.17) is 0 Å². The van der Waals surface area contributed by atoms with Crippen LogP contribution >= 0.6 is 0 Å². The van der Waals surface area contributed by atoms with Gasteiger partial charge in [0.25, 0.3) is 0 Å². The topological polar surface area (TPSA) is 0 Å². The van der Waals surface area contributed by atoms with Crippen molar-refractivity contribution in [1.29, 1.82) is 0 Å². The molecule has 0 radical (unpaired) electrons. The molecule has 0 atom stereocenters. The molecule has 0 spiro atoms. The van der Waals surface area contributed by atoms with E-state index in [1.165, 1.54) is 0 Å². The van der Waals surface area contributed by atoms with Crippen LogP contribution in [0.25, 0.3) is 0 Å². The number of benzene rings is 1. The molecule has 1 rings (SSSR count). The summed E-state index contributed by atoms with van der Waals surface area (Å²) in [6.45, 7) is 0. The predicted octanol–water partition coefficient (Wildman–Crippen LogP) is 1.17. The first-order valence-electron chi connectivity index (χ1n) is 4.11. The van der Waals surface area contributed by atoms with Gasteiger partial charge in [-0.2, -0.15) is 45.6 Å². The number of hydrogen-bond donors (Lipinski definition) is 0. The summed E-state index contributed by atoms with van der Waals surface area (Å²) in [6.07, 6.45) is -16.0. The van der Waals surface area contributed by atoms with Crippen LogP contribution in [-0.4, -0.2) is 23.1 Å². The molecule has 0 amide bonds. The molecule has 0 nitrogen and oxygen atoms in total. The van der Waals surface area contributed by atoms with E-state index in [0.717, 1.165) is 6.07 Å². The molecule has 0 saturated carbocycles. The van der Waals surface area contributed by atoms with Crippen molar-refractivity contribution < 1.29 is 56.5 Å². The van der Waals surface area contributed by atoms with Gasteiger partial charge >= 0.3 is 41.6 Å². The Labute approximate surface area is 133 Å². The summed E-state index contributed by atoms with van der Waals surface area (Å²) in [6, 6.07) is 0.0440. The first-order valence-corrected chi connectivity index (χ1v) is 4.11. The van der Waals surface area contributed by atoms with Crippen molar-refractivity contribution in [2.24, 2.45) is 0 Å². The summed E-state index contributed by atoms with van der Waals surface area (Å²) in [5, 5.41) is 0. The van der Waals surface area contributed by atoms with Gasteiger partial charge in [-0.1, -0.05) is 16.7 Å². The van der Waals surface area contributed by atoms with E-state index >= 15 is 0 Å². The van der Waals surface area contributed by atoms with E-state index < -0.39 is 47.4 Å². The van der Waals surface area contributed by atoms with Crippen molar-refractivity contribution in [3.05, 3.63) is 34.9 Å². The van der Waals surface area contributed by atoms with Gasteiger partial charge in [-0.05, 0) is 0 Å². The second-order valence-electron chi connectivity index (χ2n) is 3.19. The molecular formula is C9H2BrF9Mg. The summed E-state index contributed by atoms with van der Waals surface area (Å²) in [7, 11) is 0. The normalized spacial score (nSPS) is 12.4. The van der Waals surface area contributed by atoms with E-state index in [1.54, 1.807) is 0 Å². The van der Waals surface area contributed by atoms with Gasteiger partial charge < -0.3 is 17.0 Å². The zero-order valence-electron chi connectivity index (χ0n) is 9.14. The summed E-state index contributed by atoms with van der Waals surface area (Å²) in [5.74, 6) is 0. The number of halogens is 10. The average molecular weight is 385 g/mol. The fourth-order valence-electron chi connectivity index (χ4n) is 1.04. The first-order chi connectivity index (χ1) is 7.82. The third-order valence-electron chi connectivity index (χ3n) is 1.81. The average Bonchev–Trinajstić information content (AvgIpc) is 2.13. The van der Waals surface area contributed by atoms with Crippen LogP contribution in [0, 0.1) is 6.07 Å². The first kappa shape index (κ1) is 22.1. The molecule has 1 aromatic rings. The Kier molecular flexibility index (Phi) is 7.45. The molecule has 0 heterocycles. The largest absolute Gasteiger partial charge is 2.00 e. The molecule has 1 aromatic carbocycles. The molecule has 11 heteroatoms. The summed E-state index contributed by atoms with van der Waals surface area (Å²) < 4.78 is 109. The minimum Gasteiger partial charge on any atom is -1.00 e. The molecule has 0 aliphatic carbocycles. The predicted molar refractivity (Wildman–Crippen MR) is 46.0 cm³/mol. The number of hydrogen-bond acceptors (Lipinski definition) is 0. The van der Waals surface area contributed by atoms with E-state index in [0.29, 0.717) is 0 Å². The van der Waals surface area contributed by atoms with Crippen LogP contribution in [0.15, 0.2) is 12.1 Å². The second-order valence-corrected chi connectivity index (χ2v) is 3.19. The van der Waals surface area contributed by atoms with E-state index in [1.807, 2.05) is 0 Å². The van der Waals surface area contributed by atoms with Crippen molar-refractivity contribution in [2.75, 3.05) is 0 Å². The van der Waals surface area contributed by atoms with Crippen LogP contribution in [0.1, 0.15) is 16.7 Å². The van der Waals surface area contributed by atoms with Crippen LogP contribution in [-0.2, 0) is 18.5 Å². The van der Waals surface area contributed by atoms with Gasteiger partial charge in [0.1, 0.15) is 0 Å². The van der Waals surface area contributed by atoms with Gasteiger partial charge in [-0.3, -0.25) is 0 Å². The zero-order chi connectivity index (χ0) is 14.4. The van der Waals surface area contributed by atoms with Crippen LogP contribution in [0.5, 0.6) is 0 Å². The Hall–Kier alpha value is -0.164. The fraction of sp³-hybridized carbons (Fsp3) is 0.333. The maximum atomic E-state index is 12.2. The van der Waals surface area contributed by atoms with E-state index in [-0.39, 0.29) is 40.0 Å². The van der Waals surface area contributed by atoms with Crippen molar-refractivity contribution in [3.63, 3.8) is 0 Å². The maximum Gasteiger partial charge on any atom is 2.00 e. The molecular weight excluding hydrogens is 383 g/mol. The number of alkyl halides is 9. The van der Waals surface area contributed by atoms with Crippen molar-refractivity contribution in [1.82, 2.24) is 0 Å². The smallest absolute Gasteiger partial charge is 1.00 e. The zero-order valence-corrected chi connectivity index (χ0v) is 12.1. The Balaban J connectivity index is 0. The summed E-state index contributed by atoms with van der Waals surface area (Å²) in [4.78, 5) is 0. The Morgan fingerprint density at radius 2 is 0.950 bits per heavy atom. The summed E-state index contributed by atoms with van der Waals surface area (Å²) >= 11 is 0. The fourth-order valence-corrected chi connectivity index (χ4v) is 1.04. The molecule has 0 unspecified atom stereocenters. The van der Waals surface area contributed by atoms with Crippen LogP contribution < -0.4 is 17.0 Å². The monoisotopic (exact) mass is 384 g/mol. The Morgan fingerprint density at radius 1 is 0.650 bits per heavy atom. The van der Waals surface area contributed by atoms with Crippen molar-refractivity contribution >= 4 is 23.1 Å². The van der Waals surface area contributed by atoms with Gasteiger partial charge in [-0.15, -0.1) is 12.1 Å². The van der Waals surface area contributed by atoms with Crippen LogP contribution in [0.2, 0.25) is 0 Å². The van der Waals surface area contributed by atoms with Gasteiger partial charge in [-0.25, -0.2) is 0 Å². The number of rotatable bonds is 0. The molecule has 0 saturated heterocycles. The van der Waals surface area contributed by atoms with Crippen molar-refractivity contribution in [2.45, 2.75) is 18.5 Å². The maximum absolute atomic E-state index is 12.2. The Bertz CT molecular complexity index is 367. The van der Waals surface area contributed by atoms with Gasteiger partial charge in [0.15, 0.2) is 0 Å². The second kappa shape index (κ2) is 6.73. The Morgan fingerprint density at radius 3 is 1.15 bits per heavy atom. The minimum absolute atomic E-state index is 0. The minimum atomic E-state index is -5.35. The van der Waals surface area contributed by atoms with Gasteiger partial charge in [0.2, 0.25) is 0 Å². The third kappa shape index (κ3) is 5.68. The van der Waals surface area contributed by atoms with Crippen LogP contribution in [0.4, 0.5) is 39.5 Å². The standard InChI is InChI=1S/C9H2F9.BrH.Mg/c10-7(11,12)4-1-5(8(13,14)15)3-6(2-4)9(16,17)18;;/h1-2H;1H;/q-1;;+2/p-1. The molecule has 0 aromatic heterocycles. The van der Waals surface area contributed by atoms with Crippen LogP contribution in [0.3, 0.4) is 0 Å². The molecule has 0 aliphatic rings. The van der Waals surface area contributed by atoms with Gasteiger partial charge in [0, 0.05) is 0 Å². The molecule has 110 valence electrons. The summed E-state index contributed by atoms with van der Waals surface area (Å²) in [5.41, 5.74) is -6.27.